The van der Waals surface area contributed by atoms with Crippen LogP contribution in [0.4, 0.5) is 0 Å². The molecule has 7 heteroatoms. The first-order valence-corrected chi connectivity index (χ1v) is 13.4. The van der Waals surface area contributed by atoms with E-state index >= 15 is 0 Å². The normalized spacial score (nSPS) is 12.4. The first kappa shape index (κ1) is 32.3. The molecule has 0 bridgehead atoms. The molecule has 0 aliphatic rings. The molecule has 0 aliphatic carbocycles. The molecule has 0 heterocycles. The SMILES string of the molecule is CCCCCCCCCCCCCCCC/C=C/C([O-])=NCCCCS(=O)(=O)O.[Na+]. The fraction of sp³-hybridized carbons (Fsp3) is 0.870. The second kappa shape index (κ2) is 23.8. The van der Waals surface area contributed by atoms with Crippen LogP contribution in [-0.2, 0) is 10.1 Å². The summed E-state index contributed by atoms with van der Waals surface area (Å²) in [5, 5.41) is 11.5. The van der Waals surface area contributed by atoms with E-state index in [2.05, 4.69) is 11.9 Å². The molecule has 0 aromatic carbocycles. The van der Waals surface area contributed by atoms with Gasteiger partial charge >= 0.3 is 29.6 Å². The summed E-state index contributed by atoms with van der Waals surface area (Å²) < 4.78 is 29.7. The van der Waals surface area contributed by atoms with Crippen molar-refractivity contribution >= 4 is 16.0 Å². The van der Waals surface area contributed by atoms with Crippen LogP contribution in [-0.4, -0.2) is 31.2 Å². The first-order valence-electron chi connectivity index (χ1n) is 11.8. The van der Waals surface area contributed by atoms with Gasteiger partial charge in [-0.25, -0.2) is 0 Å². The van der Waals surface area contributed by atoms with Crippen molar-refractivity contribution in [3.63, 3.8) is 0 Å². The molecular formula is C23H44NNaO4S. The monoisotopic (exact) mass is 453 g/mol. The van der Waals surface area contributed by atoms with Crippen LogP contribution in [0.2, 0.25) is 0 Å². The Kier molecular flexibility index (Phi) is 25.6. The molecule has 172 valence electrons. The van der Waals surface area contributed by atoms with Gasteiger partial charge in [-0.2, -0.15) is 8.42 Å². The molecule has 0 fully saturated rings. The maximum Gasteiger partial charge on any atom is 1.00 e. The van der Waals surface area contributed by atoms with Crippen molar-refractivity contribution in [2.45, 2.75) is 116 Å². The molecule has 0 saturated carbocycles. The number of hydrogen-bond acceptors (Lipinski definition) is 4. The van der Waals surface area contributed by atoms with Crippen LogP contribution < -0.4 is 34.7 Å². The van der Waals surface area contributed by atoms with Crippen LogP contribution >= 0.6 is 0 Å². The van der Waals surface area contributed by atoms with Crippen LogP contribution in [0.3, 0.4) is 0 Å². The topological polar surface area (TPSA) is 89.8 Å². The van der Waals surface area contributed by atoms with Gasteiger partial charge in [0.1, 0.15) is 0 Å². The van der Waals surface area contributed by atoms with Gasteiger partial charge < -0.3 is 10.1 Å². The molecule has 0 aliphatic heterocycles. The largest absolute Gasteiger partial charge is 1.00 e. The van der Waals surface area contributed by atoms with Gasteiger partial charge in [-0.3, -0.25) is 4.55 Å². The second-order valence-electron chi connectivity index (χ2n) is 8.00. The summed E-state index contributed by atoms with van der Waals surface area (Å²) in [7, 11) is -3.90. The minimum absolute atomic E-state index is 0. The number of rotatable bonds is 21. The molecule has 0 aromatic heterocycles. The van der Waals surface area contributed by atoms with Gasteiger partial charge in [-0.1, -0.05) is 103 Å². The summed E-state index contributed by atoms with van der Waals surface area (Å²) in [6.07, 6.45) is 23.9. The van der Waals surface area contributed by atoms with Crippen LogP contribution in [0.15, 0.2) is 17.1 Å². The maximum absolute atomic E-state index is 11.5. The van der Waals surface area contributed by atoms with Crippen molar-refractivity contribution in [2.24, 2.45) is 4.99 Å². The van der Waals surface area contributed by atoms with E-state index in [0.717, 1.165) is 12.8 Å². The van der Waals surface area contributed by atoms with Crippen molar-refractivity contribution < 1.29 is 47.6 Å². The minimum atomic E-state index is -3.90. The molecule has 0 unspecified atom stereocenters. The van der Waals surface area contributed by atoms with Crippen molar-refractivity contribution in [1.29, 1.82) is 0 Å². The Morgan fingerprint density at radius 2 is 1.27 bits per heavy atom. The number of hydrogen-bond donors (Lipinski definition) is 1. The van der Waals surface area contributed by atoms with Gasteiger partial charge in [0, 0.05) is 6.54 Å². The summed E-state index contributed by atoms with van der Waals surface area (Å²) in [5.74, 6) is -0.534. The van der Waals surface area contributed by atoms with Gasteiger partial charge in [0.15, 0.2) is 0 Å². The summed E-state index contributed by atoms with van der Waals surface area (Å²) in [6, 6.07) is 0. The van der Waals surface area contributed by atoms with E-state index in [-0.39, 0.29) is 41.2 Å². The third-order valence-corrected chi connectivity index (χ3v) is 5.87. The zero-order valence-corrected chi connectivity index (χ0v) is 22.4. The summed E-state index contributed by atoms with van der Waals surface area (Å²) >= 11 is 0. The molecule has 1 N–H and O–H groups in total. The Morgan fingerprint density at radius 1 is 0.800 bits per heavy atom. The number of aliphatic imine (C=N–C) groups is 1. The molecule has 0 atom stereocenters. The maximum atomic E-state index is 11.5. The standard InChI is InChI=1S/C23H45NO4S.Na/c1-2-3-4-5-6-7-8-9-10-11-12-13-14-15-16-17-20-23(25)24-21-18-19-22-29(26,27)28;/h17,20H,2-16,18-19,21-22H2,1H3,(H,24,25)(H,26,27,28);/q;+1/p-1/b20-17+;. The average molecular weight is 454 g/mol. The fourth-order valence-corrected chi connectivity index (χ4v) is 3.85. The molecule has 0 rings (SSSR count). The first-order chi connectivity index (χ1) is 14.0. The van der Waals surface area contributed by atoms with Crippen LogP contribution in [0.1, 0.15) is 116 Å². The van der Waals surface area contributed by atoms with Gasteiger partial charge in [-0.05, 0) is 31.6 Å². The van der Waals surface area contributed by atoms with Gasteiger partial charge in [0.2, 0.25) is 0 Å². The number of nitrogens with zero attached hydrogens (tertiary/aromatic N) is 1. The Labute approximate surface area is 208 Å². The number of unbranched alkanes of at least 4 members (excludes halogenated alkanes) is 15. The zero-order chi connectivity index (χ0) is 21.6. The summed E-state index contributed by atoms with van der Waals surface area (Å²) in [5.41, 5.74) is 0. The van der Waals surface area contributed by atoms with Crippen LogP contribution in [0.5, 0.6) is 0 Å². The van der Waals surface area contributed by atoms with Gasteiger partial charge in [0.25, 0.3) is 10.1 Å². The van der Waals surface area contributed by atoms with Crippen molar-refractivity contribution in [3.8, 4) is 0 Å². The van der Waals surface area contributed by atoms with E-state index < -0.39 is 10.1 Å². The van der Waals surface area contributed by atoms with E-state index in [1.807, 2.05) is 6.08 Å². The Bertz CT molecular complexity index is 521. The van der Waals surface area contributed by atoms with E-state index in [1.54, 1.807) is 0 Å². The molecule has 0 spiro atoms. The van der Waals surface area contributed by atoms with E-state index in [0.29, 0.717) is 19.4 Å². The number of allylic oxidation sites excluding steroid dienone is 1. The van der Waals surface area contributed by atoms with Crippen molar-refractivity contribution in [2.75, 3.05) is 12.3 Å². The molecular weight excluding hydrogens is 409 g/mol. The quantitative estimate of drug-likeness (QED) is 0.0951. The summed E-state index contributed by atoms with van der Waals surface area (Å²) in [4.78, 5) is 3.85. The van der Waals surface area contributed by atoms with Crippen molar-refractivity contribution in [3.05, 3.63) is 12.2 Å². The zero-order valence-electron chi connectivity index (χ0n) is 19.6. The third-order valence-electron chi connectivity index (χ3n) is 5.06. The third kappa shape index (κ3) is 28.1. The van der Waals surface area contributed by atoms with E-state index in [9.17, 15) is 13.5 Å². The van der Waals surface area contributed by atoms with Crippen LogP contribution in [0, 0.1) is 0 Å². The molecule has 0 saturated heterocycles. The van der Waals surface area contributed by atoms with Gasteiger partial charge in [-0.15, -0.1) is 0 Å². The molecule has 0 radical (unpaired) electrons. The van der Waals surface area contributed by atoms with E-state index in [4.69, 9.17) is 4.55 Å². The molecule has 0 aromatic rings. The average Bonchev–Trinajstić information content (AvgIpc) is 2.66. The smallest absolute Gasteiger partial charge is 0.859 e. The van der Waals surface area contributed by atoms with E-state index in [1.165, 1.54) is 89.5 Å². The summed E-state index contributed by atoms with van der Waals surface area (Å²) in [6.45, 7) is 2.57. The van der Waals surface area contributed by atoms with Gasteiger partial charge in [0.05, 0.1) is 5.75 Å². The Balaban J connectivity index is 0. The minimum Gasteiger partial charge on any atom is -0.859 e. The molecule has 0 amide bonds. The second-order valence-corrected chi connectivity index (χ2v) is 9.57. The predicted molar refractivity (Wildman–Crippen MR) is 122 cm³/mol. The fourth-order valence-electron chi connectivity index (χ4n) is 3.28. The van der Waals surface area contributed by atoms with Crippen LogP contribution in [0.25, 0.3) is 0 Å². The van der Waals surface area contributed by atoms with Crippen molar-refractivity contribution in [1.82, 2.24) is 0 Å². The predicted octanol–water partition coefficient (Wildman–Crippen LogP) is 2.84. The Hall–Kier alpha value is 0.120. The Morgan fingerprint density at radius 3 is 1.73 bits per heavy atom. The molecule has 30 heavy (non-hydrogen) atoms. The molecule has 5 nitrogen and oxygen atoms in total.